The molecule has 2 aromatic heterocycles. The van der Waals surface area contributed by atoms with Gasteiger partial charge in [0.2, 0.25) is 0 Å². The molecule has 0 radical (unpaired) electrons. The summed E-state index contributed by atoms with van der Waals surface area (Å²) in [5.74, 6) is 0. The van der Waals surface area contributed by atoms with Crippen molar-refractivity contribution < 1.29 is 0 Å². The number of nitrogens with zero attached hydrogens (tertiary/aromatic N) is 2. The van der Waals surface area contributed by atoms with Gasteiger partial charge < -0.3 is 9.13 Å². The predicted molar refractivity (Wildman–Crippen MR) is 228 cm³/mol. The molecule has 256 valence electrons. The Hall–Kier alpha value is -5.80. The van der Waals surface area contributed by atoms with Crippen molar-refractivity contribution >= 4 is 66.7 Å². The van der Waals surface area contributed by atoms with E-state index in [1.807, 2.05) is 0 Å². The quantitative estimate of drug-likeness (QED) is 0.140. The van der Waals surface area contributed by atoms with Crippen molar-refractivity contribution in [1.29, 1.82) is 0 Å². The average Bonchev–Trinajstić information content (AvgIpc) is 3.79. The second-order valence-electron chi connectivity index (χ2n) is 18.5. The van der Waals surface area contributed by atoms with E-state index in [-0.39, 0.29) is 17.5 Å². The van der Waals surface area contributed by atoms with Gasteiger partial charge in [-0.05, 0) is 114 Å². The van der Waals surface area contributed by atoms with E-state index in [0.717, 1.165) is 0 Å². The molecular weight excluding hydrogens is 651 g/mol. The molecule has 0 saturated carbocycles. The van der Waals surface area contributed by atoms with Crippen molar-refractivity contribution in [3.8, 4) is 22.5 Å². The molecule has 0 fully saturated rings. The zero-order chi connectivity index (χ0) is 36.2. The number of fused-ring (bicyclic) bond motifs is 15. The summed E-state index contributed by atoms with van der Waals surface area (Å²) in [5, 5.41) is 5.44. The molecule has 0 unspecified atom stereocenters. The zero-order valence-electron chi connectivity index (χ0n) is 31.6. The number of rotatable bonds is 0. The summed E-state index contributed by atoms with van der Waals surface area (Å²) in [7, 11) is 0. The van der Waals surface area contributed by atoms with Crippen LogP contribution in [0.1, 0.15) is 74.9 Å². The molecule has 0 saturated heterocycles. The molecule has 0 amide bonds. The fraction of sp³-hybridized carbons (Fsp3) is 0.176. The minimum absolute atomic E-state index is 0.0405. The predicted octanol–water partition coefficient (Wildman–Crippen LogP) is 10.3. The number of hydrogen-bond donors (Lipinski definition) is 0. The summed E-state index contributed by atoms with van der Waals surface area (Å²) in [6, 6.07) is 50.0. The first-order valence-electron chi connectivity index (χ1n) is 19.7. The largest absolute Gasteiger partial charge is 0.310 e. The second kappa shape index (κ2) is 9.11. The Labute approximate surface area is 315 Å². The van der Waals surface area contributed by atoms with Gasteiger partial charge in [-0.25, -0.2) is 0 Å². The molecule has 3 aliphatic heterocycles. The van der Waals surface area contributed by atoms with Crippen molar-refractivity contribution in [3.05, 3.63) is 161 Å². The minimum atomic E-state index is -0.437. The molecular formula is C51H39BN2. The summed E-state index contributed by atoms with van der Waals surface area (Å²) < 4.78 is 5.31. The van der Waals surface area contributed by atoms with Crippen LogP contribution in [-0.2, 0) is 16.2 Å². The first-order valence-corrected chi connectivity index (χ1v) is 19.7. The van der Waals surface area contributed by atoms with E-state index in [1.165, 1.54) is 116 Å². The third kappa shape index (κ3) is 3.11. The molecule has 54 heavy (non-hydrogen) atoms. The van der Waals surface area contributed by atoms with Crippen LogP contribution in [0.2, 0.25) is 0 Å². The van der Waals surface area contributed by atoms with Crippen LogP contribution >= 0.6 is 0 Å². The van der Waals surface area contributed by atoms with Crippen LogP contribution in [0.25, 0.3) is 66.1 Å². The lowest BCUT2D eigenvalue weighted by Crippen LogP contribution is -2.66. The van der Waals surface area contributed by atoms with Crippen molar-refractivity contribution in [2.24, 2.45) is 0 Å². The molecule has 2 nitrogen and oxygen atoms in total. The van der Waals surface area contributed by atoms with Crippen molar-refractivity contribution in [3.63, 3.8) is 0 Å². The lowest BCUT2D eigenvalue weighted by molar-refractivity contribution is 0.591. The highest BCUT2D eigenvalue weighted by molar-refractivity contribution is 7.01. The van der Waals surface area contributed by atoms with Crippen molar-refractivity contribution in [2.45, 2.75) is 57.8 Å². The fourth-order valence-corrected chi connectivity index (χ4v) is 11.6. The van der Waals surface area contributed by atoms with E-state index >= 15 is 0 Å². The molecule has 13 rings (SSSR count). The molecule has 4 aliphatic rings. The van der Waals surface area contributed by atoms with Gasteiger partial charge in [-0.1, -0.05) is 126 Å². The van der Waals surface area contributed by atoms with Gasteiger partial charge >= 0.3 is 0 Å². The van der Waals surface area contributed by atoms with Gasteiger partial charge in [-0.3, -0.25) is 0 Å². The van der Waals surface area contributed by atoms with Crippen LogP contribution in [-0.4, -0.2) is 15.8 Å². The van der Waals surface area contributed by atoms with Gasteiger partial charge in [0, 0.05) is 32.9 Å². The summed E-state index contributed by atoms with van der Waals surface area (Å²) >= 11 is 0. The lowest BCUT2D eigenvalue weighted by Gasteiger charge is -2.47. The standard InChI is InChI=1S/C51H39BN2/c1-49(2,3)28-21-23-40-32(25-28)34-27-35-33-26-29(50(4,5)6)22-24-41(33)54-43-20-12-18-39-45(43)52-44-38(17-11-19-42(44)53(40)47(34)46(52)48(35)54)51(39)36-15-9-7-13-30(36)31-14-8-10-16-37(31)51/h7-27H,1-6H3. The maximum absolute atomic E-state index is 2.66. The van der Waals surface area contributed by atoms with E-state index < -0.39 is 5.41 Å². The SMILES string of the molecule is CC(C)(C)c1ccc2c(c1)c1cc3c4cc(C(C)(C)C)ccc4n4c3c3c1n2-c1cccc2c1B3c1c-4cccc1C21c2ccccc2-c2ccccc21. The molecule has 0 N–H and O–H groups in total. The first-order chi connectivity index (χ1) is 26.1. The van der Waals surface area contributed by atoms with E-state index in [4.69, 9.17) is 0 Å². The molecule has 0 atom stereocenters. The van der Waals surface area contributed by atoms with Gasteiger partial charge in [-0.2, -0.15) is 0 Å². The number of hydrogen-bond acceptors (Lipinski definition) is 0. The lowest BCUT2D eigenvalue weighted by atomic mass is 9.28. The van der Waals surface area contributed by atoms with Crippen LogP contribution in [0.15, 0.2) is 127 Å². The Morgan fingerprint density at radius 1 is 0.426 bits per heavy atom. The van der Waals surface area contributed by atoms with Gasteiger partial charge in [0.15, 0.2) is 0 Å². The van der Waals surface area contributed by atoms with E-state index in [1.54, 1.807) is 0 Å². The molecule has 7 aromatic carbocycles. The topological polar surface area (TPSA) is 9.86 Å². The van der Waals surface area contributed by atoms with E-state index in [9.17, 15) is 0 Å². The highest BCUT2D eigenvalue weighted by atomic mass is 15.0. The van der Waals surface area contributed by atoms with Gasteiger partial charge in [-0.15, -0.1) is 0 Å². The Bertz CT molecular complexity index is 3030. The zero-order valence-corrected chi connectivity index (χ0v) is 31.6. The number of aromatic nitrogens is 2. The smallest absolute Gasteiger partial charge is 0.253 e. The Kier molecular flexibility index (Phi) is 5.00. The summed E-state index contributed by atoms with van der Waals surface area (Å²) in [5.41, 5.74) is 23.1. The van der Waals surface area contributed by atoms with Crippen LogP contribution in [0.3, 0.4) is 0 Å². The van der Waals surface area contributed by atoms with Gasteiger partial charge in [0.25, 0.3) is 6.71 Å². The maximum Gasteiger partial charge on any atom is 0.253 e. The Morgan fingerprint density at radius 2 is 0.870 bits per heavy atom. The molecule has 3 heteroatoms. The third-order valence-electron chi connectivity index (χ3n) is 13.8. The van der Waals surface area contributed by atoms with Crippen LogP contribution in [0, 0.1) is 0 Å². The molecule has 9 aromatic rings. The highest BCUT2D eigenvalue weighted by Crippen LogP contribution is 2.58. The second-order valence-corrected chi connectivity index (χ2v) is 18.5. The maximum atomic E-state index is 2.66. The van der Waals surface area contributed by atoms with Gasteiger partial charge in [0.05, 0.1) is 27.5 Å². The highest BCUT2D eigenvalue weighted by Gasteiger charge is 2.56. The molecule has 1 spiro atoms. The normalized spacial score (nSPS) is 15.3. The van der Waals surface area contributed by atoms with Crippen LogP contribution in [0.4, 0.5) is 0 Å². The first kappa shape index (κ1) is 29.6. The summed E-state index contributed by atoms with van der Waals surface area (Å²) in [4.78, 5) is 0. The van der Waals surface area contributed by atoms with Crippen molar-refractivity contribution in [1.82, 2.24) is 9.13 Å². The monoisotopic (exact) mass is 690 g/mol. The fourth-order valence-electron chi connectivity index (χ4n) is 11.6. The van der Waals surface area contributed by atoms with E-state index in [2.05, 4.69) is 178 Å². The molecule has 1 aliphatic carbocycles. The average molecular weight is 691 g/mol. The molecule has 5 heterocycles. The van der Waals surface area contributed by atoms with Crippen LogP contribution in [0.5, 0.6) is 0 Å². The summed E-state index contributed by atoms with van der Waals surface area (Å²) in [6.07, 6.45) is 0. The van der Waals surface area contributed by atoms with E-state index in [0.29, 0.717) is 0 Å². The third-order valence-corrected chi connectivity index (χ3v) is 13.8. The van der Waals surface area contributed by atoms with Crippen LogP contribution < -0.4 is 16.4 Å². The number of benzene rings is 7. The Balaban J connectivity index is 1.32. The Morgan fingerprint density at radius 3 is 1.33 bits per heavy atom. The van der Waals surface area contributed by atoms with Crippen molar-refractivity contribution in [2.75, 3.05) is 0 Å². The summed E-state index contributed by atoms with van der Waals surface area (Å²) in [6.45, 7) is 14.1. The molecule has 0 bridgehead atoms. The minimum Gasteiger partial charge on any atom is -0.310 e. The van der Waals surface area contributed by atoms with Gasteiger partial charge in [0.1, 0.15) is 0 Å².